The Kier molecular flexibility index (Phi) is 3.88. The fourth-order valence-corrected chi connectivity index (χ4v) is 1.24. The fourth-order valence-electron chi connectivity index (χ4n) is 1.24. The molecule has 0 amide bonds. The van der Waals surface area contributed by atoms with E-state index in [-0.39, 0.29) is 5.96 Å². The topological polar surface area (TPSA) is 80.0 Å². The van der Waals surface area contributed by atoms with Crippen LogP contribution in [0.15, 0.2) is 28.4 Å². The molecule has 0 radical (unpaired) electrons. The summed E-state index contributed by atoms with van der Waals surface area (Å²) in [4.78, 5) is 2.05. The van der Waals surface area contributed by atoms with Crippen LogP contribution in [0.4, 0.5) is 5.69 Å². The smallest absolute Gasteiger partial charge is 0.211 e. The van der Waals surface area contributed by atoms with Gasteiger partial charge in [-0.05, 0) is 30.2 Å². The van der Waals surface area contributed by atoms with Gasteiger partial charge >= 0.3 is 0 Å². The first-order chi connectivity index (χ1) is 7.50. The van der Waals surface area contributed by atoms with Crippen LogP contribution >= 0.6 is 0 Å². The minimum Gasteiger partial charge on any atom is -0.378 e. The number of hydrogen-bond donors (Lipinski definition) is 2. The number of guanidine groups is 1. The molecular formula is C11H17N5. The molecule has 0 aliphatic rings. The molecule has 0 saturated heterocycles. The maximum Gasteiger partial charge on any atom is 0.211 e. The maximum atomic E-state index is 5.17. The molecule has 0 atom stereocenters. The third-order valence-electron chi connectivity index (χ3n) is 2.14. The molecule has 1 aromatic carbocycles. The molecule has 0 bridgehead atoms. The van der Waals surface area contributed by atoms with E-state index in [0.717, 1.165) is 16.8 Å². The Labute approximate surface area is 95.5 Å². The lowest BCUT2D eigenvalue weighted by Crippen LogP contribution is -2.21. The summed E-state index contributed by atoms with van der Waals surface area (Å²) in [7, 11) is 4.00. The first-order valence-corrected chi connectivity index (χ1v) is 4.90. The van der Waals surface area contributed by atoms with Gasteiger partial charge in [-0.15, -0.1) is 5.10 Å². The lowest BCUT2D eigenvalue weighted by molar-refractivity contribution is 1.13. The van der Waals surface area contributed by atoms with E-state index in [1.54, 1.807) is 6.21 Å². The lowest BCUT2D eigenvalue weighted by atomic mass is 10.1. The summed E-state index contributed by atoms with van der Waals surface area (Å²) in [6.45, 7) is 2.02. The molecule has 0 saturated carbocycles. The Morgan fingerprint density at radius 3 is 2.50 bits per heavy atom. The number of nitrogens with two attached hydrogens (primary N) is 2. The fraction of sp³-hybridized carbons (Fsp3) is 0.273. The van der Waals surface area contributed by atoms with Crippen LogP contribution in [0.25, 0.3) is 0 Å². The summed E-state index contributed by atoms with van der Waals surface area (Å²) in [6, 6.07) is 6.08. The summed E-state index contributed by atoms with van der Waals surface area (Å²) in [6.07, 6.45) is 1.63. The molecule has 0 unspecified atom stereocenters. The molecule has 0 aromatic heterocycles. The van der Waals surface area contributed by atoms with Gasteiger partial charge in [-0.1, -0.05) is 6.07 Å². The minimum absolute atomic E-state index is 0.0428. The van der Waals surface area contributed by atoms with Gasteiger partial charge in [0, 0.05) is 19.8 Å². The van der Waals surface area contributed by atoms with Gasteiger partial charge in [0.25, 0.3) is 0 Å². The van der Waals surface area contributed by atoms with Crippen LogP contribution in [-0.2, 0) is 0 Å². The third kappa shape index (κ3) is 3.27. The zero-order chi connectivity index (χ0) is 12.1. The van der Waals surface area contributed by atoms with Gasteiger partial charge in [0.05, 0.1) is 6.21 Å². The maximum absolute atomic E-state index is 5.17. The summed E-state index contributed by atoms with van der Waals surface area (Å²) < 4.78 is 0. The van der Waals surface area contributed by atoms with Gasteiger partial charge in [-0.3, -0.25) is 0 Å². The van der Waals surface area contributed by atoms with Gasteiger partial charge in [0.1, 0.15) is 0 Å². The monoisotopic (exact) mass is 219 g/mol. The van der Waals surface area contributed by atoms with Crippen molar-refractivity contribution in [3.63, 3.8) is 0 Å². The Bertz CT molecular complexity index is 416. The molecule has 0 spiro atoms. The van der Waals surface area contributed by atoms with E-state index in [9.17, 15) is 0 Å². The summed E-state index contributed by atoms with van der Waals surface area (Å²) in [5.41, 5.74) is 13.6. The van der Waals surface area contributed by atoms with Crippen LogP contribution in [0.2, 0.25) is 0 Å². The molecule has 1 rings (SSSR count). The predicted octanol–water partition coefficient (Wildman–Crippen LogP) is 0.668. The highest BCUT2D eigenvalue weighted by atomic mass is 15.3. The number of anilines is 1. The molecule has 4 N–H and O–H groups in total. The van der Waals surface area contributed by atoms with E-state index < -0.39 is 0 Å². The van der Waals surface area contributed by atoms with Gasteiger partial charge in [0.15, 0.2) is 0 Å². The van der Waals surface area contributed by atoms with Crippen LogP contribution < -0.4 is 16.4 Å². The van der Waals surface area contributed by atoms with Crippen molar-refractivity contribution in [3.05, 3.63) is 29.3 Å². The van der Waals surface area contributed by atoms with Gasteiger partial charge in [0.2, 0.25) is 5.96 Å². The average molecular weight is 219 g/mol. The second-order valence-corrected chi connectivity index (χ2v) is 3.70. The molecule has 0 fully saturated rings. The predicted molar refractivity (Wildman–Crippen MR) is 68.9 cm³/mol. The molecular weight excluding hydrogens is 202 g/mol. The number of hydrogen-bond acceptors (Lipinski definition) is 3. The lowest BCUT2D eigenvalue weighted by Gasteiger charge is -2.13. The molecule has 5 nitrogen and oxygen atoms in total. The van der Waals surface area contributed by atoms with Crippen molar-refractivity contribution in [1.82, 2.24) is 0 Å². The van der Waals surface area contributed by atoms with E-state index >= 15 is 0 Å². The van der Waals surface area contributed by atoms with Crippen molar-refractivity contribution in [2.45, 2.75) is 6.92 Å². The highest BCUT2D eigenvalue weighted by Gasteiger charge is 1.99. The Balaban J connectivity index is 2.91. The van der Waals surface area contributed by atoms with Gasteiger partial charge in [-0.25, -0.2) is 0 Å². The summed E-state index contributed by atoms with van der Waals surface area (Å²) in [5.74, 6) is -0.0428. The zero-order valence-electron chi connectivity index (χ0n) is 9.81. The van der Waals surface area contributed by atoms with E-state index in [4.69, 9.17) is 11.5 Å². The van der Waals surface area contributed by atoms with E-state index in [0.29, 0.717) is 0 Å². The molecule has 0 aliphatic heterocycles. The van der Waals surface area contributed by atoms with Crippen LogP contribution in [0.3, 0.4) is 0 Å². The number of nitrogens with zero attached hydrogens (tertiary/aromatic N) is 3. The number of rotatable bonds is 3. The molecule has 16 heavy (non-hydrogen) atoms. The van der Waals surface area contributed by atoms with Gasteiger partial charge < -0.3 is 16.4 Å². The number of aryl methyl sites for hydroxylation is 1. The molecule has 0 heterocycles. The molecule has 5 heteroatoms. The third-order valence-corrected chi connectivity index (χ3v) is 2.14. The van der Waals surface area contributed by atoms with Crippen molar-refractivity contribution >= 4 is 17.9 Å². The second-order valence-electron chi connectivity index (χ2n) is 3.70. The first kappa shape index (κ1) is 12.0. The highest BCUT2D eigenvalue weighted by Crippen LogP contribution is 2.15. The molecule has 86 valence electrons. The first-order valence-electron chi connectivity index (χ1n) is 4.90. The van der Waals surface area contributed by atoms with E-state index in [2.05, 4.69) is 16.3 Å². The minimum atomic E-state index is -0.0428. The zero-order valence-corrected chi connectivity index (χ0v) is 9.81. The van der Waals surface area contributed by atoms with Gasteiger partial charge in [-0.2, -0.15) is 5.10 Å². The number of benzene rings is 1. The van der Waals surface area contributed by atoms with Crippen LogP contribution in [0.5, 0.6) is 0 Å². The standard InChI is InChI=1S/C11H17N5/c1-8-6-10(16(2)3)5-4-9(8)7-14-15-11(12)13/h4-7H,1-3H3,(H4,12,13,15). The quantitative estimate of drug-likeness (QED) is 0.445. The van der Waals surface area contributed by atoms with E-state index in [1.807, 2.05) is 38.1 Å². The van der Waals surface area contributed by atoms with Crippen molar-refractivity contribution < 1.29 is 0 Å². The van der Waals surface area contributed by atoms with Crippen molar-refractivity contribution in [2.75, 3.05) is 19.0 Å². The van der Waals surface area contributed by atoms with Crippen LogP contribution in [-0.4, -0.2) is 26.3 Å². The Morgan fingerprint density at radius 1 is 1.31 bits per heavy atom. The second kappa shape index (κ2) is 5.16. The summed E-state index contributed by atoms with van der Waals surface area (Å²) >= 11 is 0. The largest absolute Gasteiger partial charge is 0.378 e. The van der Waals surface area contributed by atoms with Crippen molar-refractivity contribution in [1.29, 1.82) is 0 Å². The SMILES string of the molecule is Cc1cc(N(C)C)ccc1C=NN=C(N)N. The molecule has 0 aliphatic carbocycles. The van der Waals surface area contributed by atoms with Crippen molar-refractivity contribution in [3.8, 4) is 0 Å². The normalized spacial score (nSPS) is 10.4. The Hall–Kier alpha value is -2.04. The van der Waals surface area contributed by atoms with Crippen LogP contribution in [0, 0.1) is 6.92 Å². The van der Waals surface area contributed by atoms with Crippen LogP contribution in [0.1, 0.15) is 11.1 Å². The average Bonchev–Trinajstić information content (AvgIpc) is 2.19. The Morgan fingerprint density at radius 2 is 2.00 bits per heavy atom. The summed E-state index contributed by atoms with van der Waals surface area (Å²) in [5, 5.41) is 7.33. The highest BCUT2D eigenvalue weighted by molar-refractivity contribution is 5.83. The van der Waals surface area contributed by atoms with Crippen molar-refractivity contribution in [2.24, 2.45) is 21.7 Å². The molecule has 1 aromatic rings. The van der Waals surface area contributed by atoms with E-state index in [1.165, 1.54) is 0 Å².